The van der Waals surface area contributed by atoms with Crippen LogP contribution in [0.25, 0.3) is 6.08 Å². The fourth-order valence-electron chi connectivity index (χ4n) is 2.93. The number of ether oxygens (including phenoxy) is 2. The Bertz CT molecular complexity index is 1070. The molecule has 1 aliphatic heterocycles. The molecule has 9 heteroatoms. The number of anilines is 1. The number of carbonyl (C=O) groups excluding carboxylic acids is 3. The summed E-state index contributed by atoms with van der Waals surface area (Å²) in [5, 5.41) is 2.21. The molecule has 0 saturated carbocycles. The predicted octanol–water partition coefficient (Wildman–Crippen LogP) is 4.84. The number of halogens is 1. The lowest BCUT2D eigenvalue weighted by Crippen LogP contribution is -2.36. The molecule has 0 aliphatic carbocycles. The second-order valence-electron chi connectivity index (χ2n) is 6.64. The average molecular weight is 505 g/mol. The second-order valence-corrected chi connectivity index (χ2v) is 8.49. The molecule has 1 aliphatic rings. The van der Waals surface area contributed by atoms with Crippen LogP contribution >= 0.6 is 27.7 Å². The van der Waals surface area contributed by atoms with Crippen molar-refractivity contribution in [1.29, 1.82) is 0 Å². The molecular formula is C22H21BrN2O5S. The monoisotopic (exact) mass is 504 g/mol. The zero-order chi connectivity index (χ0) is 22.5. The molecule has 31 heavy (non-hydrogen) atoms. The summed E-state index contributed by atoms with van der Waals surface area (Å²) < 4.78 is 11.6. The summed E-state index contributed by atoms with van der Waals surface area (Å²) in [5.41, 5.74) is 2.25. The van der Waals surface area contributed by atoms with Gasteiger partial charge in [0.25, 0.3) is 11.1 Å². The maximum absolute atomic E-state index is 12.8. The molecule has 3 rings (SSSR count). The second kappa shape index (κ2) is 10.0. The van der Waals surface area contributed by atoms with E-state index in [0.717, 1.165) is 22.2 Å². The molecule has 1 heterocycles. The average Bonchev–Trinajstić information content (AvgIpc) is 2.97. The highest BCUT2D eigenvalue weighted by atomic mass is 79.9. The first kappa shape index (κ1) is 22.9. The van der Waals surface area contributed by atoms with E-state index >= 15 is 0 Å². The molecule has 0 unspecified atom stereocenters. The van der Waals surface area contributed by atoms with Crippen molar-refractivity contribution >= 4 is 56.5 Å². The normalized spacial score (nSPS) is 14.8. The van der Waals surface area contributed by atoms with Crippen LogP contribution in [0, 0.1) is 6.92 Å². The Balaban J connectivity index is 1.76. The highest BCUT2D eigenvalue weighted by Gasteiger charge is 2.36. The van der Waals surface area contributed by atoms with Gasteiger partial charge in [0.15, 0.2) is 11.5 Å². The van der Waals surface area contributed by atoms with Crippen molar-refractivity contribution in [3.63, 3.8) is 0 Å². The van der Waals surface area contributed by atoms with E-state index in [-0.39, 0.29) is 11.4 Å². The number of carbonyl (C=O) groups is 3. The molecule has 1 saturated heterocycles. The third-order valence-electron chi connectivity index (χ3n) is 4.35. The number of amides is 3. The summed E-state index contributed by atoms with van der Waals surface area (Å²) in [4.78, 5) is 38.6. The fraction of sp³-hybridized carbons (Fsp3) is 0.227. The van der Waals surface area contributed by atoms with Gasteiger partial charge >= 0.3 is 0 Å². The number of thioether (sulfide) groups is 1. The molecule has 2 aromatic carbocycles. The van der Waals surface area contributed by atoms with Crippen LogP contribution < -0.4 is 14.8 Å². The van der Waals surface area contributed by atoms with E-state index in [1.165, 1.54) is 7.11 Å². The molecule has 1 N–H and O–H groups in total. The van der Waals surface area contributed by atoms with Gasteiger partial charge in [-0.05, 0) is 67.1 Å². The van der Waals surface area contributed by atoms with Gasteiger partial charge in [-0.1, -0.05) is 28.1 Å². The Morgan fingerprint density at radius 1 is 1.23 bits per heavy atom. The first-order chi connectivity index (χ1) is 14.8. The largest absolute Gasteiger partial charge is 0.493 e. The van der Waals surface area contributed by atoms with Crippen LogP contribution in [-0.2, 0) is 9.59 Å². The number of hydrogen-bond acceptors (Lipinski definition) is 6. The quantitative estimate of drug-likeness (QED) is 0.543. The van der Waals surface area contributed by atoms with Gasteiger partial charge in [0.1, 0.15) is 6.54 Å². The van der Waals surface area contributed by atoms with Gasteiger partial charge in [0, 0.05) is 10.2 Å². The summed E-state index contributed by atoms with van der Waals surface area (Å²) in [6.45, 7) is 3.90. The van der Waals surface area contributed by atoms with Gasteiger partial charge in [-0.15, -0.1) is 0 Å². The summed E-state index contributed by atoms with van der Waals surface area (Å²) in [6, 6.07) is 10.7. The lowest BCUT2D eigenvalue weighted by atomic mass is 10.2. The van der Waals surface area contributed by atoms with Gasteiger partial charge in [-0.25, -0.2) is 0 Å². The third-order valence-corrected chi connectivity index (χ3v) is 5.94. The van der Waals surface area contributed by atoms with Crippen molar-refractivity contribution in [3.8, 4) is 11.5 Å². The molecule has 0 radical (unpaired) electrons. The van der Waals surface area contributed by atoms with Gasteiger partial charge < -0.3 is 14.8 Å². The fourth-order valence-corrected chi connectivity index (χ4v) is 4.20. The Morgan fingerprint density at radius 3 is 2.68 bits per heavy atom. The van der Waals surface area contributed by atoms with Crippen LogP contribution in [0.4, 0.5) is 10.5 Å². The number of nitrogens with one attached hydrogen (secondary N) is 1. The summed E-state index contributed by atoms with van der Waals surface area (Å²) in [5.74, 6) is 0.107. The van der Waals surface area contributed by atoms with Crippen LogP contribution in [0.3, 0.4) is 0 Å². The molecule has 3 amide bonds. The molecule has 0 aromatic heterocycles. The lowest BCUT2D eigenvalue weighted by Gasteiger charge is -2.13. The van der Waals surface area contributed by atoms with Gasteiger partial charge in [0.2, 0.25) is 5.91 Å². The Kier molecular flexibility index (Phi) is 7.40. The van der Waals surface area contributed by atoms with E-state index in [4.69, 9.17) is 9.47 Å². The van der Waals surface area contributed by atoms with Crippen molar-refractivity contribution in [2.75, 3.05) is 25.6 Å². The maximum Gasteiger partial charge on any atom is 0.294 e. The molecular weight excluding hydrogens is 484 g/mol. The molecule has 162 valence electrons. The van der Waals surface area contributed by atoms with E-state index in [9.17, 15) is 14.4 Å². The third kappa shape index (κ3) is 5.48. The number of aryl methyl sites for hydroxylation is 1. The van der Waals surface area contributed by atoms with E-state index in [2.05, 4.69) is 21.2 Å². The minimum atomic E-state index is -0.519. The molecule has 2 aromatic rings. The molecule has 7 nitrogen and oxygen atoms in total. The van der Waals surface area contributed by atoms with Crippen molar-refractivity contribution in [3.05, 3.63) is 56.9 Å². The van der Waals surface area contributed by atoms with Crippen molar-refractivity contribution < 1.29 is 23.9 Å². The Labute approximate surface area is 192 Å². The zero-order valence-corrected chi connectivity index (χ0v) is 19.6. The number of methoxy groups -OCH3 is 1. The van der Waals surface area contributed by atoms with Crippen LogP contribution in [0.1, 0.15) is 18.1 Å². The van der Waals surface area contributed by atoms with Crippen molar-refractivity contribution in [2.24, 2.45) is 0 Å². The summed E-state index contributed by atoms with van der Waals surface area (Å²) in [6.07, 6.45) is 1.59. The summed E-state index contributed by atoms with van der Waals surface area (Å²) in [7, 11) is 1.52. The number of imide groups is 1. The van der Waals surface area contributed by atoms with Gasteiger partial charge in [-0.2, -0.15) is 0 Å². The zero-order valence-electron chi connectivity index (χ0n) is 17.2. The Morgan fingerprint density at radius 2 is 2.00 bits per heavy atom. The lowest BCUT2D eigenvalue weighted by molar-refractivity contribution is -0.127. The first-order valence-electron chi connectivity index (χ1n) is 9.44. The number of hydrogen-bond donors (Lipinski definition) is 1. The van der Waals surface area contributed by atoms with Crippen molar-refractivity contribution in [2.45, 2.75) is 13.8 Å². The topological polar surface area (TPSA) is 84.9 Å². The highest BCUT2D eigenvalue weighted by Crippen LogP contribution is 2.38. The minimum absolute atomic E-state index is 0.222. The number of rotatable bonds is 7. The molecule has 0 spiro atoms. The molecule has 0 atom stereocenters. The first-order valence-corrected chi connectivity index (χ1v) is 11.1. The highest BCUT2D eigenvalue weighted by molar-refractivity contribution is 9.10. The van der Waals surface area contributed by atoms with Gasteiger partial charge in [0.05, 0.1) is 18.6 Å². The predicted molar refractivity (Wildman–Crippen MR) is 124 cm³/mol. The minimum Gasteiger partial charge on any atom is -0.493 e. The van der Waals surface area contributed by atoms with Gasteiger partial charge in [-0.3, -0.25) is 19.3 Å². The molecule has 0 bridgehead atoms. The summed E-state index contributed by atoms with van der Waals surface area (Å²) >= 11 is 4.25. The SMILES string of the molecule is CCOc1cc(Br)c(/C=C2\SC(=O)N(CC(=O)Nc3cccc(C)c3)C2=O)cc1OC. The van der Waals surface area contributed by atoms with E-state index in [1.807, 2.05) is 32.0 Å². The Hall–Kier alpha value is -2.78. The standard InChI is InChI=1S/C22H21BrN2O5S/c1-4-30-18-11-16(23)14(9-17(18)29-3)10-19-21(27)25(22(28)31-19)12-20(26)24-15-7-5-6-13(2)8-15/h5-11H,4,12H2,1-3H3,(H,24,26)/b19-10-. The molecule has 1 fully saturated rings. The number of nitrogens with zero attached hydrogens (tertiary/aromatic N) is 1. The van der Waals surface area contributed by atoms with Crippen molar-refractivity contribution in [1.82, 2.24) is 4.90 Å². The van der Waals surface area contributed by atoms with Crippen LogP contribution in [0.15, 0.2) is 45.8 Å². The smallest absolute Gasteiger partial charge is 0.294 e. The van der Waals surface area contributed by atoms with Crippen LogP contribution in [-0.4, -0.2) is 42.2 Å². The maximum atomic E-state index is 12.8. The van der Waals surface area contributed by atoms with E-state index in [0.29, 0.717) is 33.8 Å². The van der Waals surface area contributed by atoms with E-state index < -0.39 is 17.1 Å². The van der Waals surface area contributed by atoms with E-state index in [1.54, 1.807) is 24.3 Å². The van der Waals surface area contributed by atoms with Crippen LogP contribution in [0.2, 0.25) is 0 Å². The van der Waals surface area contributed by atoms with Crippen LogP contribution in [0.5, 0.6) is 11.5 Å². The number of benzene rings is 2.